The van der Waals surface area contributed by atoms with E-state index in [9.17, 15) is 14.4 Å². The second-order valence-corrected chi connectivity index (χ2v) is 3.26. The van der Waals surface area contributed by atoms with E-state index in [0.717, 1.165) is 0 Å². The number of esters is 2. The van der Waals surface area contributed by atoms with Crippen LogP contribution in [0.2, 0.25) is 0 Å². The van der Waals surface area contributed by atoms with Crippen molar-refractivity contribution in [3.63, 3.8) is 0 Å². The van der Waals surface area contributed by atoms with Gasteiger partial charge in [0.15, 0.2) is 6.10 Å². The van der Waals surface area contributed by atoms with E-state index in [1.807, 2.05) is 0 Å². The molecule has 0 aromatic heterocycles. The zero-order valence-corrected chi connectivity index (χ0v) is 9.57. The van der Waals surface area contributed by atoms with Crippen molar-refractivity contribution in [2.75, 3.05) is 6.61 Å². The van der Waals surface area contributed by atoms with E-state index >= 15 is 0 Å². The third-order valence-electron chi connectivity index (χ3n) is 2.02. The fraction of sp³-hybridized carbons (Fsp3) is 0.182. The van der Waals surface area contributed by atoms with Gasteiger partial charge in [-0.1, -0.05) is 12.1 Å². The standard InChI is InChI=1S/C11H10O7.H2O/c12-5-8(13)11(17)18-10(16)7-4-2-1-3-6(7)9(14)15;/h1-4,8,12-13H,5H2,(H,14,15);1H2. The van der Waals surface area contributed by atoms with Gasteiger partial charge < -0.3 is 25.5 Å². The monoisotopic (exact) mass is 272 g/mol. The Kier molecular flexibility index (Phi) is 6.34. The van der Waals surface area contributed by atoms with Crippen LogP contribution in [0.5, 0.6) is 0 Å². The van der Waals surface area contributed by atoms with Crippen LogP contribution >= 0.6 is 0 Å². The molecule has 8 nitrogen and oxygen atoms in total. The summed E-state index contributed by atoms with van der Waals surface area (Å²) >= 11 is 0. The molecule has 0 aliphatic rings. The molecule has 1 rings (SSSR count). The van der Waals surface area contributed by atoms with Crippen molar-refractivity contribution in [3.8, 4) is 0 Å². The first-order chi connectivity index (χ1) is 8.47. The number of rotatable bonds is 4. The highest BCUT2D eigenvalue weighted by Crippen LogP contribution is 2.10. The molecule has 19 heavy (non-hydrogen) atoms. The predicted octanol–water partition coefficient (Wildman–Crippen LogP) is -1.40. The van der Waals surface area contributed by atoms with Crippen LogP contribution in [0.15, 0.2) is 24.3 Å². The van der Waals surface area contributed by atoms with E-state index in [2.05, 4.69) is 4.74 Å². The summed E-state index contributed by atoms with van der Waals surface area (Å²) < 4.78 is 4.23. The summed E-state index contributed by atoms with van der Waals surface area (Å²) in [7, 11) is 0. The Balaban J connectivity index is 0.00000324. The van der Waals surface area contributed by atoms with Crippen LogP contribution in [0.3, 0.4) is 0 Å². The second-order valence-electron chi connectivity index (χ2n) is 3.26. The van der Waals surface area contributed by atoms with Crippen LogP contribution in [0, 0.1) is 0 Å². The van der Waals surface area contributed by atoms with Crippen LogP contribution in [0.25, 0.3) is 0 Å². The number of hydrogen-bond acceptors (Lipinski definition) is 6. The molecule has 0 aliphatic heterocycles. The summed E-state index contributed by atoms with van der Waals surface area (Å²) in [5.41, 5.74) is -0.641. The highest BCUT2D eigenvalue weighted by Gasteiger charge is 2.23. The van der Waals surface area contributed by atoms with E-state index in [4.69, 9.17) is 15.3 Å². The van der Waals surface area contributed by atoms with Crippen molar-refractivity contribution in [1.29, 1.82) is 0 Å². The Bertz CT molecular complexity index is 481. The Hall–Kier alpha value is -2.29. The first-order valence-electron chi connectivity index (χ1n) is 4.84. The van der Waals surface area contributed by atoms with Crippen LogP contribution in [-0.2, 0) is 9.53 Å². The van der Waals surface area contributed by atoms with Gasteiger partial charge in [-0.05, 0) is 12.1 Å². The fourth-order valence-corrected chi connectivity index (χ4v) is 1.14. The van der Waals surface area contributed by atoms with Crippen molar-refractivity contribution in [3.05, 3.63) is 35.4 Å². The van der Waals surface area contributed by atoms with E-state index in [0.29, 0.717) is 0 Å². The van der Waals surface area contributed by atoms with Crippen molar-refractivity contribution < 1.29 is 39.9 Å². The molecule has 0 fully saturated rings. The number of carboxylic acid groups (broad SMARTS) is 1. The number of benzene rings is 1. The number of carboxylic acids is 1. The Labute approximate surface area is 107 Å². The summed E-state index contributed by atoms with van der Waals surface area (Å²) in [4.78, 5) is 33.4. The lowest BCUT2D eigenvalue weighted by atomic mass is 10.1. The molecular weight excluding hydrogens is 260 g/mol. The topological polar surface area (TPSA) is 153 Å². The maximum atomic E-state index is 11.5. The van der Waals surface area contributed by atoms with Gasteiger partial charge in [0.25, 0.3) is 0 Å². The maximum absolute atomic E-state index is 11.5. The molecule has 1 atom stereocenters. The first kappa shape index (κ1) is 16.7. The Morgan fingerprint density at radius 1 is 1.16 bits per heavy atom. The zero-order chi connectivity index (χ0) is 13.7. The SMILES string of the molecule is O.O=C(O)c1ccccc1C(=O)OC(=O)C(O)CO. The fourth-order valence-electron chi connectivity index (χ4n) is 1.14. The molecule has 1 aromatic carbocycles. The number of carbonyl (C=O) groups excluding carboxylic acids is 2. The summed E-state index contributed by atoms with van der Waals surface area (Å²) in [5.74, 6) is -3.90. The Morgan fingerprint density at radius 2 is 1.68 bits per heavy atom. The smallest absolute Gasteiger partial charge is 0.346 e. The number of ether oxygens (including phenoxy) is 1. The summed E-state index contributed by atoms with van der Waals surface area (Å²) in [6.07, 6.45) is -1.84. The van der Waals surface area contributed by atoms with Crippen LogP contribution in [0.1, 0.15) is 20.7 Å². The molecule has 0 saturated carbocycles. The van der Waals surface area contributed by atoms with Gasteiger partial charge in [0.05, 0.1) is 17.7 Å². The second kappa shape index (κ2) is 7.21. The third-order valence-corrected chi connectivity index (χ3v) is 2.02. The number of aliphatic hydroxyl groups excluding tert-OH is 2. The van der Waals surface area contributed by atoms with E-state index in [-0.39, 0.29) is 16.6 Å². The lowest BCUT2D eigenvalue weighted by Gasteiger charge is -2.07. The number of aromatic carboxylic acids is 1. The third kappa shape index (κ3) is 4.14. The molecule has 0 bridgehead atoms. The minimum atomic E-state index is -1.84. The average molecular weight is 272 g/mol. The van der Waals surface area contributed by atoms with Gasteiger partial charge in [-0.3, -0.25) is 0 Å². The highest BCUT2D eigenvalue weighted by atomic mass is 16.6. The molecule has 0 spiro atoms. The van der Waals surface area contributed by atoms with E-state index < -0.39 is 30.6 Å². The zero-order valence-electron chi connectivity index (χ0n) is 9.57. The molecule has 8 heteroatoms. The van der Waals surface area contributed by atoms with Crippen molar-refractivity contribution in [2.45, 2.75) is 6.10 Å². The normalized spacial score (nSPS) is 11.1. The summed E-state index contributed by atoms with van der Waals surface area (Å²) in [5, 5.41) is 26.2. The highest BCUT2D eigenvalue weighted by molar-refractivity contribution is 6.05. The number of hydrogen-bond donors (Lipinski definition) is 3. The summed E-state index contributed by atoms with van der Waals surface area (Å²) in [6.45, 7) is -0.896. The van der Waals surface area contributed by atoms with Gasteiger partial charge in [-0.15, -0.1) is 0 Å². The maximum Gasteiger partial charge on any atom is 0.346 e. The lowest BCUT2D eigenvalue weighted by Crippen LogP contribution is -2.29. The minimum absolute atomic E-state index is 0. The quantitative estimate of drug-likeness (QED) is 0.449. The van der Waals surface area contributed by atoms with E-state index in [1.165, 1.54) is 24.3 Å². The van der Waals surface area contributed by atoms with Crippen LogP contribution in [0.4, 0.5) is 0 Å². The van der Waals surface area contributed by atoms with Crippen LogP contribution in [-0.4, -0.2) is 51.4 Å². The molecule has 1 aromatic rings. The molecule has 5 N–H and O–H groups in total. The molecule has 0 saturated heterocycles. The van der Waals surface area contributed by atoms with Gasteiger partial charge in [-0.25, -0.2) is 14.4 Å². The molecule has 0 radical (unpaired) electrons. The largest absolute Gasteiger partial charge is 0.478 e. The summed E-state index contributed by atoms with van der Waals surface area (Å²) in [6, 6.07) is 5.15. The van der Waals surface area contributed by atoms with E-state index in [1.54, 1.807) is 0 Å². The lowest BCUT2D eigenvalue weighted by molar-refractivity contribution is -0.149. The number of carbonyl (C=O) groups is 3. The molecule has 104 valence electrons. The molecule has 1 unspecified atom stereocenters. The molecule has 0 heterocycles. The minimum Gasteiger partial charge on any atom is -0.478 e. The predicted molar refractivity (Wildman–Crippen MR) is 60.5 cm³/mol. The van der Waals surface area contributed by atoms with Crippen molar-refractivity contribution in [1.82, 2.24) is 0 Å². The Morgan fingerprint density at radius 3 is 2.16 bits per heavy atom. The molecule has 0 aliphatic carbocycles. The van der Waals surface area contributed by atoms with Gasteiger partial charge in [0.1, 0.15) is 0 Å². The van der Waals surface area contributed by atoms with Crippen molar-refractivity contribution in [2.24, 2.45) is 0 Å². The average Bonchev–Trinajstić information content (AvgIpc) is 2.37. The number of aliphatic hydroxyl groups is 2. The van der Waals surface area contributed by atoms with Crippen LogP contribution < -0.4 is 0 Å². The van der Waals surface area contributed by atoms with Crippen molar-refractivity contribution >= 4 is 17.9 Å². The van der Waals surface area contributed by atoms with Gasteiger partial charge in [-0.2, -0.15) is 0 Å². The molecular formula is C11H12O8. The van der Waals surface area contributed by atoms with Gasteiger partial charge in [0.2, 0.25) is 0 Å². The van der Waals surface area contributed by atoms with Gasteiger partial charge >= 0.3 is 17.9 Å². The first-order valence-corrected chi connectivity index (χ1v) is 4.84. The molecule has 0 amide bonds. The van der Waals surface area contributed by atoms with Gasteiger partial charge in [0, 0.05) is 0 Å².